The number of benzene rings is 1. The number of hydrogen-bond acceptors (Lipinski definition) is 3. The lowest BCUT2D eigenvalue weighted by Crippen LogP contribution is -2.43. The van der Waals surface area contributed by atoms with Gasteiger partial charge < -0.3 is 4.74 Å². The lowest BCUT2D eigenvalue weighted by molar-refractivity contribution is -0.0983. The standard InChI is InChI=1S/C16H22ClFN2O/c17-12-4-3-5-13(18)14(12)15(20-19)11-6-9-21-16(10-11)7-1-2-8-16/h3-5,11,15,20H,1-2,6-10,19H2. The zero-order chi connectivity index (χ0) is 14.9. The van der Waals surface area contributed by atoms with E-state index < -0.39 is 0 Å². The van der Waals surface area contributed by atoms with Crippen LogP contribution in [0.15, 0.2) is 18.2 Å². The molecule has 3 nitrogen and oxygen atoms in total. The number of nitrogens with one attached hydrogen (secondary N) is 1. The first-order valence-corrected chi connectivity index (χ1v) is 8.07. The first-order chi connectivity index (χ1) is 10.2. The molecular formula is C16H22ClFN2O. The molecule has 2 aliphatic rings. The van der Waals surface area contributed by atoms with Gasteiger partial charge in [-0.05, 0) is 43.7 Å². The van der Waals surface area contributed by atoms with Gasteiger partial charge in [-0.2, -0.15) is 0 Å². The van der Waals surface area contributed by atoms with Crippen LogP contribution in [-0.2, 0) is 4.74 Å². The molecule has 1 heterocycles. The Morgan fingerprint density at radius 3 is 2.81 bits per heavy atom. The van der Waals surface area contributed by atoms with E-state index in [1.54, 1.807) is 12.1 Å². The smallest absolute Gasteiger partial charge is 0.129 e. The Morgan fingerprint density at radius 1 is 1.38 bits per heavy atom. The van der Waals surface area contributed by atoms with Crippen LogP contribution in [-0.4, -0.2) is 12.2 Å². The highest BCUT2D eigenvalue weighted by atomic mass is 35.5. The minimum atomic E-state index is -0.294. The largest absolute Gasteiger partial charge is 0.375 e. The van der Waals surface area contributed by atoms with Gasteiger partial charge in [-0.3, -0.25) is 11.3 Å². The molecular weight excluding hydrogens is 291 g/mol. The molecule has 0 radical (unpaired) electrons. The van der Waals surface area contributed by atoms with Crippen LogP contribution < -0.4 is 11.3 Å². The van der Waals surface area contributed by atoms with Gasteiger partial charge in [0.2, 0.25) is 0 Å². The van der Waals surface area contributed by atoms with Crippen LogP contribution in [0.5, 0.6) is 0 Å². The average molecular weight is 313 g/mol. The summed E-state index contributed by atoms with van der Waals surface area (Å²) in [5, 5.41) is 0.435. The van der Waals surface area contributed by atoms with Crippen molar-refractivity contribution in [3.8, 4) is 0 Å². The number of ether oxygens (including phenoxy) is 1. The summed E-state index contributed by atoms with van der Waals surface area (Å²) in [5.74, 6) is 5.70. The summed E-state index contributed by atoms with van der Waals surface area (Å²) < 4.78 is 20.3. The molecule has 0 amide bonds. The van der Waals surface area contributed by atoms with Crippen LogP contribution in [0.3, 0.4) is 0 Å². The Kier molecular flexibility index (Phi) is 4.50. The van der Waals surface area contributed by atoms with Crippen LogP contribution in [0, 0.1) is 11.7 Å². The quantitative estimate of drug-likeness (QED) is 0.660. The van der Waals surface area contributed by atoms with Crippen molar-refractivity contribution in [3.63, 3.8) is 0 Å². The number of nitrogens with two attached hydrogens (primary N) is 1. The highest BCUT2D eigenvalue weighted by Gasteiger charge is 2.42. The van der Waals surface area contributed by atoms with Crippen LogP contribution in [0.2, 0.25) is 5.02 Å². The fourth-order valence-corrected chi connectivity index (χ4v) is 4.26. The molecule has 0 bridgehead atoms. The van der Waals surface area contributed by atoms with E-state index in [2.05, 4.69) is 5.43 Å². The van der Waals surface area contributed by atoms with Crippen LogP contribution in [0.4, 0.5) is 4.39 Å². The minimum Gasteiger partial charge on any atom is -0.375 e. The maximum atomic E-state index is 14.2. The third-order valence-electron chi connectivity index (χ3n) is 5.01. The number of hydrazine groups is 1. The van der Waals surface area contributed by atoms with E-state index in [-0.39, 0.29) is 23.4 Å². The maximum absolute atomic E-state index is 14.2. The van der Waals surface area contributed by atoms with Gasteiger partial charge in [-0.1, -0.05) is 30.5 Å². The van der Waals surface area contributed by atoms with E-state index in [0.717, 1.165) is 32.3 Å². The SMILES string of the molecule is NNC(c1c(F)cccc1Cl)C1CCOC2(CCCC2)C1. The van der Waals surface area contributed by atoms with Gasteiger partial charge in [-0.15, -0.1) is 0 Å². The molecule has 2 fully saturated rings. The van der Waals surface area contributed by atoms with Gasteiger partial charge >= 0.3 is 0 Å². The molecule has 1 aliphatic heterocycles. The molecule has 1 aromatic rings. The van der Waals surface area contributed by atoms with Crippen molar-refractivity contribution >= 4 is 11.6 Å². The fraction of sp³-hybridized carbons (Fsp3) is 0.625. The molecule has 21 heavy (non-hydrogen) atoms. The molecule has 3 rings (SSSR count). The van der Waals surface area contributed by atoms with Crippen molar-refractivity contribution in [3.05, 3.63) is 34.6 Å². The highest BCUT2D eigenvalue weighted by Crippen LogP contribution is 2.46. The molecule has 1 spiro atoms. The van der Waals surface area contributed by atoms with Crippen molar-refractivity contribution in [2.24, 2.45) is 11.8 Å². The van der Waals surface area contributed by atoms with Crippen molar-refractivity contribution in [2.75, 3.05) is 6.61 Å². The monoisotopic (exact) mass is 312 g/mol. The summed E-state index contributed by atoms with van der Waals surface area (Å²) in [4.78, 5) is 0. The van der Waals surface area contributed by atoms with Gasteiger partial charge in [0.1, 0.15) is 5.82 Å². The molecule has 1 saturated carbocycles. The molecule has 116 valence electrons. The topological polar surface area (TPSA) is 47.3 Å². The summed E-state index contributed by atoms with van der Waals surface area (Å²) in [6.45, 7) is 0.717. The second-order valence-electron chi connectivity index (χ2n) is 6.27. The Balaban J connectivity index is 1.86. The zero-order valence-electron chi connectivity index (χ0n) is 12.1. The van der Waals surface area contributed by atoms with E-state index in [1.807, 2.05) is 0 Å². The Bertz CT molecular complexity index is 485. The Hall–Kier alpha value is -0.680. The Labute approximate surface area is 130 Å². The van der Waals surface area contributed by atoms with Gasteiger partial charge in [0.25, 0.3) is 0 Å². The molecule has 2 atom stereocenters. The predicted octanol–water partition coefficient (Wildman–Crippen LogP) is 3.72. The molecule has 2 unspecified atom stereocenters. The number of hydrogen-bond donors (Lipinski definition) is 2. The van der Waals surface area contributed by atoms with E-state index in [0.29, 0.717) is 10.6 Å². The van der Waals surface area contributed by atoms with E-state index in [9.17, 15) is 4.39 Å². The molecule has 1 aliphatic carbocycles. The van der Waals surface area contributed by atoms with Crippen molar-refractivity contribution < 1.29 is 9.13 Å². The van der Waals surface area contributed by atoms with Crippen LogP contribution >= 0.6 is 11.6 Å². The van der Waals surface area contributed by atoms with E-state index in [4.69, 9.17) is 22.2 Å². The van der Waals surface area contributed by atoms with Crippen LogP contribution in [0.25, 0.3) is 0 Å². The second kappa shape index (κ2) is 6.21. The molecule has 0 aromatic heterocycles. The van der Waals surface area contributed by atoms with Gasteiger partial charge in [0.05, 0.1) is 11.6 Å². The maximum Gasteiger partial charge on any atom is 0.129 e. The average Bonchev–Trinajstić information content (AvgIpc) is 2.91. The molecule has 1 aromatic carbocycles. The van der Waals surface area contributed by atoms with Gasteiger partial charge in [0.15, 0.2) is 0 Å². The predicted molar refractivity (Wildman–Crippen MR) is 81.3 cm³/mol. The second-order valence-corrected chi connectivity index (χ2v) is 6.68. The third kappa shape index (κ3) is 2.95. The summed E-state index contributed by atoms with van der Waals surface area (Å²) in [5.41, 5.74) is 3.27. The normalized spacial score (nSPS) is 26.1. The summed E-state index contributed by atoms with van der Waals surface area (Å²) in [6, 6.07) is 4.52. The molecule has 3 N–H and O–H groups in total. The van der Waals surface area contributed by atoms with E-state index in [1.165, 1.54) is 18.9 Å². The van der Waals surface area contributed by atoms with Crippen LogP contribution in [0.1, 0.15) is 50.1 Å². The molecule has 1 saturated heterocycles. The lowest BCUT2D eigenvalue weighted by Gasteiger charge is -2.41. The van der Waals surface area contributed by atoms with Gasteiger partial charge in [-0.25, -0.2) is 4.39 Å². The van der Waals surface area contributed by atoms with Crippen molar-refractivity contribution in [2.45, 2.75) is 50.2 Å². The first-order valence-electron chi connectivity index (χ1n) is 7.69. The summed E-state index contributed by atoms with van der Waals surface area (Å²) in [7, 11) is 0. The van der Waals surface area contributed by atoms with E-state index >= 15 is 0 Å². The Morgan fingerprint density at radius 2 is 2.14 bits per heavy atom. The molecule has 5 heteroatoms. The zero-order valence-corrected chi connectivity index (χ0v) is 12.8. The highest BCUT2D eigenvalue weighted by molar-refractivity contribution is 6.31. The lowest BCUT2D eigenvalue weighted by atomic mass is 9.78. The number of rotatable bonds is 3. The first kappa shape index (κ1) is 15.2. The minimum absolute atomic E-state index is 0.0181. The third-order valence-corrected chi connectivity index (χ3v) is 5.34. The van der Waals surface area contributed by atoms with Crippen molar-refractivity contribution in [1.82, 2.24) is 5.43 Å². The summed E-state index contributed by atoms with van der Waals surface area (Å²) in [6.07, 6.45) is 6.44. The fourth-order valence-electron chi connectivity index (χ4n) is 3.98. The number of halogens is 2. The van der Waals surface area contributed by atoms with Crippen molar-refractivity contribution in [1.29, 1.82) is 0 Å². The van der Waals surface area contributed by atoms with Gasteiger partial charge in [0, 0.05) is 17.2 Å². The summed E-state index contributed by atoms with van der Waals surface area (Å²) >= 11 is 6.21.